The Morgan fingerprint density at radius 3 is 2.67 bits per heavy atom. The summed E-state index contributed by atoms with van der Waals surface area (Å²) in [5, 5.41) is 12.0. The lowest BCUT2D eigenvalue weighted by molar-refractivity contribution is -0.118. The zero-order chi connectivity index (χ0) is 11.9. The minimum atomic E-state index is -0.285. The number of nitrogens with one attached hydrogen (secondary N) is 1. The lowest BCUT2D eigenvalue weighted by Gasteiger charge is -2.16. The van der Waals surface area contributed by atoms with Crippen molar-refractivity contribution in [1.29, 1.82) is 5.26 Å². The summed E-state index contributed by atoms with van der Waals surface area (Å²) in [5.74, 6) is -0.285. The van der Waals surface area contributed by atoms with Crippen LogP contribution in [0.25, 0.3) is 0 Å². The van der Waals surface area contributed by atoms with Crippen LogP contribution in [0, 0.1) is 16.7 Å². The van der Waals surface area contributed by atoms with Gasteiger partial charge in [-0.05, 0) is 40.2 Å². The summed E-state index contributed by atoms with van der Waals surface area (Å²) in [6, 6.07) is 2.38. The third-order valence-electron chi connectivity index (χ3n) is 2.28. The number of carbonyl (C=O) groups excluding carboxylic acids is 1. The Morgan fingerprint density at radius 2 is 2.20 bits per heavy atom. The van der Waals surface area contributed by atoms with E-state index >= 15 is 0 Å². The van der Waals surface area contributed by atoms with Crippen LogP contribution in [0.3, 0.4) is 0 Å². The van der Waals surface area contributed by atoms with Gasteiger partial charge in [0.05, 0.1) is 11.5 Å². The van der Waals surface area contributed by atoms with Gasteiger partial charge < -0.3 is 11.1 Å². The van der Waals surface area contributed by atoms with E-state index in [1.54, 1.807) is 0 Å². The van der Waals surface area contributed by atoms with E-state index < -0.39 is 0 Å². The maximum atomic E-state index is 10.6. The molecule has 0 aliphatic carbocycles. The quantitative estimate of drug-likeness (QED) is 0.620. The average molecular weight is 211 g/mol. The second kappa shape index (κ2) is 6.41. The van der Waals surface area contributed by atoms with E-state index in [4.69, 9.17) is 11.0 Å². The highest BCUT2D eigenvalue weighted by Crippen LogP contribution is 2.19. The number of primary amides is 1. The van der Waals surface area contributed by atoms with Gasteiger partial charge in [-0.15, -0.1) is 0 Å². The number of nitrogens with zero attached hydrogens (tertiary/aromatic N) is 1. The van der Waals surface area contributed by atoms with E-state index in [0.29, 0.717) is 6.42 Å². The van der Waals surface area contributed by atoms with Gasteiger partial charge >= 0.3 is 0 Å². The molecule has 0 aromatic heterocycles. The van der Waals surface area contributed by atoms with Crippen LogP contribution in [0.1, 0.15) is 40.0 Å². The molecule has 3 N–H and O–H groups in total. The zero-order valence-corrected chi connectivity index (χ0v) is 9.84. The summed E-state index contributed by atoms with van der Waals surface area (Å²) < 4.78 is 0. The Balaban J connectivity index is 3.55. The zero-order valence-electron chi connectivity index (χ0n) is 9.84. The van der Waals surface area contributed by atoms with Crippen molar-refractivity contribution in [2.75, 3.05) is 6.54 Å². The third-order valence-corrected chi connectivity index (χ3v) is 2.28. The van der Waals surface area contributed by atoms with Crippen LogP contribution < -0.4 is 11.1 Å². The van der Waals surface area contributed by atoms with E-state index in [9.17, 15) is 4.79 Å². The molecule has 0 aliphatic rings. The molecule has 0 saturated carbocycles. The molecule has 0 fully saturated rings. The molecule has 4 heteroatoms. The van der Waals surface area contributed by atoms with Gasteiger partial charge in [0.15, 0.2) is 0 Å². The number of hydrogen-bond donors (Lipinski definition) is 2. The Hall–Kier alpha value is -1.08. The van der Waals surface area contributed by atoms with Crippen LogP contribution in [0.4, 0.5) is 0 Å². The standard InChI is InChI=1S/C11H21N3O/c1-9(7-10(13)15)14-6-4-5-11(2,3)8-12/h9,14H,4-7H2,1-3H3,(H2,13,15). The lowest BCUT2D eigenvalue weighted by Crippen LogP contribution is -2.32. The summed E-state index contributed by atoms with van der Waals surface area (Å²) >= 11 is 0. The summed E-state index contributed by atoms with van der Waals surface area (Å²) in [4.78, 5) is 10.6. The monoisotopic (exact) mass is 211 g/mol. The first-order chi connectivity index (χ1) is 6.87. The molecule has 15 heavy (non-hydrogen) atoms. The van der Waals surface area contributed by atoms with Crippen LogP contribution in [0.5, 0.6) is 0 Å². The fourth-order valence-corrected chi connectivity index (χ4v) is 1.31. The van der Waals surface area contributed by atoms with Crippen molar-refractivity contribution in [2.24, 2.45) is 11.1 Å². The Labute approximate surface area is 91.8 Å². The number of rotatable bonds is 7. The fourth-order valence-electron chi connectivity index (χ4n) is 1.31. The normalized spacial score (nSPS) is 13.2. The van der Waals surface area contributed by atoms with E-state index in [1.807, 2.05) is 20.8 Å². The second-order valence-electron chi connectivity index (χ2n) is 4.62. The van der Waals surface area contributed by atoms with Crippen molar-refractivity contribution >= 4 is 5.91 Å². The highest BCUT2D eigenvalue weighted by atomic mass is 16.1. The van der Waals surface area contributed by atoms with Crippen molar-refractivity contribution < 1.29 is 4.79 Å². The minimum Gasteiger partial charge on any atom is -0.370 e. The van der Waals surface area contributed by atoms with Crippen LogP contribution in [-0.2, 0) is 4.79 Å². The third kappa shape index (κ3) is 7.95. The first kappa shape index (κ1) is 13.9. The van der Waals surface area contributed by atoms with Gasteiger partial charge in [-0.2, -0.15) is 5.26 Å². The summed E-state index contributed by atoms with van der Waals surface area (Å²) in [6.45, 7) is 6.61. The summed E-state index contributed by atoms with van der Waals surface area (Å²) in [7, 11) is 0. The number of carbonyl (C=O) groups is 1. The van der Waals surface area contributed by atoms with Crippen molar-refractivity contribution in [3.63, 3.8) is 0 Å². The molecule has 0 heterocycles. The van der Waals surface area contributed by atoms with E-state index in [0.717, 1.165) is 19.4 Å². The van der Waals surface area contributed by atoms with Gasteiger partial charge in [0.25, 0.3) is 0 Å². The SMILES string of the molecule is CC(CC(N)=O)NCCCC(C)(C)C#N. The Morgan fingerprint density at radius 1 is 1.60 bits per heavy atom. The van der Waals surface area contributed by atoms with E-state index in [2.05, 4.69) is 11.4 Å². The van der Waals surface area contributed by atoms with Crippen LogP contribution in [-0.4, -0.2) is 18.5 Å². The predicted molar refractivity (Wildman–Crippen MR) is 59.9 cm³/mol. The predicted octanol–water partition coefficient (Wildman–Crippen LogP) is 1.17. The molecule has 0 spiro atoms. The highest BCUT2D eigenvalue weighted by Gasteiger charge is 2.15. The number of nitriles is 1. The van der Waals surface area contributed by atoms with Gasteiger partial charge in [0.2, 0.25) is 5.91 Å². The van der Waals surface area contributed by atoms with Gasteiger partial charge in [-0.3, -0.25) is 4.79 Å². The molecule has 4 nitrogen and oxygen atoms in total. The first-order valence-electron chi connectivity index (χ1n) is 5.30. The molecule has 0 aromatic rings. The second-order valence-corrected chi connectivity index (χ2v) is 4.62. The van der Waals surface area contributed by atoms with Crippen molar-refractivity contribution in [2.45, 2.75) is 46.1 Å². The maximum Gasteiger partial charge on any atom is 0.218 e. The molecular weight excluding hydrogens is 190 g/mol. The van der Waals surface area contributed by atoms with E-state index in [-0.39, 0.29) is 17.4 Å². The average Bonchev–Trinajstić information content (AvgIpc) is 2.11. The largest absolute Gasteiger partial charge is 0.370 e. The van der Waals surface area contributed by atoms with Crippen molar-refractivity contribution in [1.82, 2.24) is 5.32 Å². The first-order valence-corrected chi connectivity index (χ1v) is 5.30. The molecule has 0 aromatic carbocycles. The number of hydrogen-bond acceptors (Lipinski definition) is 3. The van der Waals surface area contributed by atoms with Gasteiger partial charge in [-0.1, -0.05) is 0 Å². The van der Waals surface area contributed by atoms with Crippen LogP contribution in [0.15, 0.2) is 0 Å². The molecule has 1 unspecified atom stereocenters. The Kier molecular flexibility index (Phi) is 5.95. The van der Waals surface area contributed by atoms with Crippen LogP contribution >= 0.6 is 0 Å². The Bertz CT molecular complexity index is 243. The fraction of sp³-hybridized carbons (Fsp3) is 0.818. The number of nitrogens with two attached hydrogens (primary N) is 1. The highest BCUT2D eigenvalue weighted by molar-refractivity contribution is 5.74. The minimum absolute atomic E-state index is 0.118. The van der Waals surface area contributed by atoms with E-state index in [1.165, 1.54) is 0 Å². The van der Waals surface area contributed by atoms with Gasteiger partial charge in [0, 0.05) is 12.5 Å². The number of amides is 1. The molecule has 0 aliphatic heterocycles. The maximum absolute atomic E-state index is 10.6. The smallest absolute Gasteiger partial charge is 0.218 e. The molecule has 0 saturated heterocycles. The molecule has 1 amide bonds. The lowest BCUT2D eigenvalue weighted by atomic mass is 9.90. The molecule has 0 bridgehead atoms. The summed E-state index contributed by atoms with van der Waals surface area (Å²) in [6.07, 6.45) is 2.16. The molecular formula is C11H21N3O. The molecule has 86 valence electrons. The van der Waals surface area contributed by atoms with Gasteiger partial charge in [-0.25, -0.2) is 0 Å². The topological polar surface area (TPSA) is 78.9 Å². The van der Waals surface area contributed by atoms with Crippen LogP contribution in [0.2, 0.25) is 0 Å². The van der Waals surface area contributed by atoms with Crippen molar-refractivity contribution in [3.05, 3.63) is 0 Å². The summed E-state index contributed by atoms with van der Waals surface area (Å²) in [5.41, 5.74) is 4.81. The van der Waals surface area contributed by atoms with Gasteiger partial charge in [0.1, 0.15) is 0 Å². The molecule has 0 radical (unpaired) electrons. The molecule has 1 atom stereocenters. The molecule has 0 rings (SSSR count). The van der Waals surface area contributed by atoms with Crippen molar-refractivity contribution in [3.8, 4) is 6.07 Å².